The van der Waals surface area contributed by atoms with E-state index in [1.54, 1.807) is 12.1 Å². The van der Waals surface area contributed by atoms with Crippen LogP contribution in [0.4, 0.5) is 11.5 Å². The predicted octanol–water partition coefficient (Wildman–Crippen LogP) is 3.03. The molecule has 5 nitrogen and oxygen atoms in total. The number of hydrogen-bond donors (Lipinski definition) is 2. The molecule has 0 aliphatic rings. The second-order valence-electron chi connectivity index (χ2n) is 4.34. The van der Waals surface area contributed by atoms with Gasteiger partial charge in [0.1, 0.15) is 5.82 Å². The standard InChI is InChI=1S/C15H10BrN4O/c16-9-4-3-5-10(8-9)18-14-11-6-1-2-7-12(11)19-15(20-14)13(17)21/h1,3-8H,(H2,17,21)(H,18,19,20). The zero-order valence-electron chi connectivity index (χ0n) is 10.8. The summed E-state index contributed by atoms with van der Waals surface area (Å²) in [5.41, 5.74) is 6.73. The number of amides is 1. The lowest BCUT2D eigenvalue weighted by Gasteiger charge is -2.10. The second kappa shape index (κ2) is 5.49. The Kier molecular flexibility index (Phi) is 3.53. The molecule has 3 aromatic rings. The van der Waals surface area contributed by atoms with E-state index in [1.165, 1.54) is 0 Å². The Labute approximate surface area is 129 Å². The van der Waals surface area contributed by atoms with Crippen molar-refractivity contribution in [1.29, 1.82) is 0 Å². The summed E-state index contributed by atoms with van der Waals surface area (Å²) in [6.45, 7) is 0. The first-order valence-electron chi connectivity index (χ1n) is 6.14. The molecule has 0 aliphatic carbocycles. The van der Waals surface area contributed by atoms with E-state index in [-0.39, 0.29) is 5.82 Å². The molecular weight excluding hydrogens is 332 g/mol. The van der Waals surface area contributed by atoms with Crippen molar-refractivity contribution in [3.63, 3.8) is 0 Å². The number of rotatable bonds is 3. The minimum absolute atomic E-state index is 0.0282. The Morgan fingerprint density at radius 1 is 1.29 bits per heavy atom. The molecule has 2 aromatic carbocycles. The summed E-state index contributed by atoms with van der Waals surface area (Å²) < 4.78 is 0.939. The van der Waals surface area contributed by atoms with Crippen molar-refractivity contribution >= 4 is 44.2 Å². The number of hydrogen-bond acceptors (Lipinski definition) is 4. The molecule has 1 heterocycles. The third-order valence-corrected chi connectivity index (χ3v) is 3.34. The maximum Gasteiger partial charge on any atom is 0.286 e. The molecule has 1 aromatic heterocycles. The highest BCUT2D eigenvalue weighted by Crippen LogP contribution is 2.25. The van der Waals surface area contributed by atoms with Gasteiger partial charge in [-0.2, -0.15) is 0 Å². The number of aromatic nitrogens is 2. The fourth-order valence-corrected chi connectivity index (χ4v) is 2.33. The topological polar surface area (TPSA) is 80.9 Å². The fraction of sp³-hybridized carbons (Fsp3) is 0. The number of anilines is 2. The smallest absolute Gasteiger partial charge is 0.286 e. The number of primary amides is 1. The molecule has 103 valence electrons. The number of fused-ring (bicyclic) bond motifs is 1. The van der Waals surface area contributed by atoms with Crippen LogP contribution >= 0.6 is 15.9 Å². The van der Waals surface area contributed by atoms with Crippen molar-refractivity contribution < 1.29 is 4.79 Å². The number of carbonyl (C=O) groups is 1. The van der Waals surface area contributed by atoms with E-state index in [2.05, 4.69) is 37.3 Å². The summed E-state index contributed by atoms with van der Waals surface area (Å²) in [5.74, 6) is -0.168. The maximum atomic E-state index is 11.4. The van der Waals surface area contributed by atoms with Gasteiger partial charge >= 0.3 is 0 Å². The van der Waals surface area contributed by atoms with Crippen LogP contribution < -0.4 is 11.1 Å². The lowest BCUT2D eigenvalue weighted by atomic mass is 10.2. The number of benzene rings is 2. The van der Waals surface area contributed by atoms with E-state index in [4.69, 9.17) is 5.73 Å². The van der Waals surface area contributed by atoms with Gasteiger partial charge in [0.05, 0.1) is 5.52 Å². The lowest BCUT2D eigenvalue weighted by molar-refractivity contribution is 0.0991. The van der Waals surface area contributed by atoms with Crippen LogP contribution in [0.1, 0.15) is 10.6 Å². The maximum absolute atomic E-state index is 11.4. The lowest BCUT2D eigenvalue weighted by Crippen LogP contribution is -2.16. The molecule has 0 bridgehead atoms. The Morgan fingerprint density at radius 2 is 2.14 bits per heavy atom. The summed E-state index contributed by atoms with van der Waals surface area (Å²) in [4.78, 5) is 19.7. The van der Waals surface area contributed by atoms with E-state index in [9.17, 15) is 4.79 Å². The average molecular weight is 342 g/mol. The van der Waals surface area contributed by atoms with E-state index in [0.29, 0.717) is 11.3 Å². The fourth-order valence-electron chi connectivity index (χ4n) is 1.93. The van der Waals surface area contributed by atoms with Gasteiger partial charge in [-0.3, -0.25) is 4.79 Å². The monoisotopic (exact) mass is 341 g/mol. The molecule has 0 spiro atoms. The van der Waals surface area contributed by atoms with Gasteiger partial charge in [-0.05, 0) is 36.4 Å². The van der Waals surface area contributed by atoms with Crippen LogP contribution in [0.15, 0.2) is 46.9 Å². The number of nitrogens with zero attached hydrogens (tertiary/aromatic N) is 2. The normalized spacial score (nSPS) is 10.5. The van der Waals surface area contributed by atoms with Gasteiger partial charge in [0, 0.05) is 15.5 Å². The molecule has 3 N–H and O–H groups in total. The van der Waals surface area contributed by atoms with Crippen molar-refractivity contribution in [1.82, 2.24) is 9.97 Å². The highest BCUT2D eigenvalue weighted by Gasteiger charge is 2.11. The van der Waals surface area contributed by atoms with E-state index in [1.807, 2.05) is 30.3 Å². The van der Waals surface area contributed by atoms with Crippen molar-refractivity contribution in [2.75, 3.05) is 5.32 Å². The third kappa shape index (κ3) is 2.85. The molecule has 0 saturated heterocycles. The zero-order chi connectivity index (χ0) is 14.8. The van der Waals surface area contributed by atoms with Crippen LogP contribution in [0.2, 0.25) is 0 Å². The molecule has 0 aliphatic heterocycles. The number of halogens is 1. The Balaban J connectivity index is 2.13. The SMILES string of the molecule is NC(=O)c1nc(Nc2cccc(Br)c2)c2cc[c]cc2n1. The quantitative estimate of drug-likeness (QED) is 0.767. The summed E-state index contributed by atoms with van der Waals surface area (Å²) in [6.07, 6.45) is 0. The van der Waals surface area contributed by atoms with Gasteiger partial charge in [0.15, 0.2) is 0 Å². The summed E-state index contributed by atoms with van der Waals surface area (Å²) in [7, 11) is 0. The largest absolute Gasteiger partial charge is 0.363 e. The first kappa shape index (κ1) is 13.5. The molecule has 3 rings (SSSR count). The van der Waals surface area contributed by atoms with Crippen LogP contribution in [0.3, 0.4) is 0 Å². The molecule has 0 unspecified atom stereocenters. The third-order valence-electron chi connectivity index (χ3n) is 2.85. The van der Waals surface area contributed by atoms with E-state index < -0.39 is 5.91 Å². The summed E-state index contributed by atoms with van der Waals surface area (Å²) in [6, 6.07) is 15.8. The van der Waals surface area contributed by atoms with E-state index in [0.717, 1.165) is 15.5 Å². The Bertz CT molecular complexity index is 835. The molecule has 0 saturated carbocycles. The van der Waals surface area contributed by atoms with Crippen molar-refractivity contribution in [2.45, 2.75) is 0 Å². The van der Waals surface area contributed by atoms with Crippen LogP contribution in [-0.2, 0) is 0 Å². The van der Waals surface area contributed by atoms with Gasteiger partial charge < -0.3 is 11.1 Å². The average Bonchev–Trinajstić information content (AvgIpc) is 2.47. The molecule has 0 fully saturated rings. The first-order valence-corrected chi connectivity index (χ1v) is 6.93. The zero-order valence-corrected chi connectivity index (χ0v) is 12.4. The number of nitrogens with two attached hydrogens (primary N) is 1. The minimum Gasteiger partial charge on any atom is -0.363 e. The molecule has 1 radical (unpaired) electrons. The highest BCUT2D eigenvalue weighted by atomic mass is 79.9. The highest BCUT2D eigenvalue weighted by molar-refractivity contribution is 9.10. The van der Waals surface area contributed by atoms with Crippen LogP contribution in [0.25, 0.3) is 10.9 Å². The van der Waals surface area contributed by atoms with Crippen LogP contribution in [0, 0.1) is 6.07 Å². The first-order chi connectivity index (χ1) is 10.1. The Morgan fingerprint density at radius 3 is 2.90 bits per heavy atom. The molecular formula is C15H10BrN4O. The summed E-state index contributed by atoms with van der Waals surface area (Å²) in [5, 5.41) is 3.97. The number of carbonyl (C=O) groups excluding carboxylic acids is 1. The van der Waals surface area contributed by atoms with Crippen LogP contribution in [0.5, 0.6) is 0 Å². The molecule has 0 atom stereocenters. The summed E-state index contributed by atoms with van der Waals surface area (Å²) >= 11 is 3.41. The van der Waals surface area contributed by atoms with Gasteiger partial charge in [-0.15, -0.1) is 0 Å². The van der Waals surface area contributed by atoms with Gasteiger partial charge in [-0.25, -0.2) is 9.97 Å². The second-order valence-corrected chi connectivity index (χ2v) is 5.25. The Hall–Kier alpha value is -2.47. The van der Waals surface area contributed by atoms with Crippen LogP contribution in [-0.4, -0.2) is 15.9 Å². The van der Waals surface area contributed by atoms with Gasteiger partial charge in [0.25, 0.3) is 5.91 Å². The molecule has 1 amide bonds. The number of nitrogens with one attached hydrogen (secondary N) is 1. The van der Waals surface area contributed by atoms with E-state index >= 15 is 0 Å². The van der Waals surface area contributed by atoms with Crippen molar-refractivity contribution in [3.8, 4) is 0 Å². The van der Waals surface area contributed by atoms with Crippen molar-refractivity contribution in [2.24, 2.45) is 5.73 Å². The van der Waals surface area contributed by atoms with Gasteiger partial charge in [0.2, 0.25) is 5.82 Å². The molecule has 21 heavy (non-hydrogen) atoms. The minimum atomic E-state index is -0.668. The predicted molar refractivity (Wildman–Crippen MR) is 84.3 cm³/mol. The van der Waals surface area contributed by atoms with Crippen molar-refractivity contribution in [3.05, 3.63) is 58.8 Å². The molecule has 6 heteroatoms. The van der Waals surface area contributed by atoms with Gasteiger partial charge in [-0.1, -0.05) is 28.1 Å².